The predicted octanol–water partition coefficient (Wildman–Crippen LogP) is 1.39. The van der Waals surface area contributed by atoms with Crippen molar-refractivity contribution in [3.8, 4) is 0 Å². The Morgan fingerprint density at radius 3 is 2.63 bits per heavy atom. The van der Waals surface area contributed by atoms with Crippen LogP contribution in [0.15, 0.2) is 29.4 Å². The highest BCUT2D eigenvalue weighted by molar-refractivity contribution is 5.98. The van der Waals surface area contributed by atoms with Gasteiger partial charge in [0.05, 0.1) is 12.2 Å². The van der Waals surface area contributed by atoms with E-state index in [9.17, 15) is 0 Å². The fraction of sp³-hybridized carbons (Fsp3) is 0.500. The molecule has 2 atom stereocenters. The molecule has 0 amide bonds. The molecule has 3 N–H and O–H groups in total. The molecule has 1 aromatic rings. The van der Waals surface area contributed by atoms with E-state index in [-0.39, 0.29) is 18.0 Å². The van der Waals surface area contributed by atoms with Crippen LogP contribution >= 0.6 is 0 Å². The molecule has 5 heteroatoms. The van der Waals surface area contributed by atoms with E-state index in [1.807, 2.05) is 24.3 Å². The van der Waals surface area contributed by atoms with E-state index in [1.54, 1.807) is 0 Å². The van der Waals surface area contributed by atoms with Gasteiger partial charge in [0.1, 0.15) is 0 Å². The minimum Gasteiger partial charge on any atom is -0.409 e. The van der Waals surface area contributed by atoms with E-state index < -0.39 is 0 Å². The van der Waals surface area contributed by atoms with Crippen molar-refractivity contribution in [2.75, 3.05) is 13.1 Å². The number of rotatable bonds is 3. The summed E-state index contributed by atoms with van der Waals surface area (Å²) in [4.78, 5) is 2.34. The third kappa shape index (κ3) is 3.45. The summed E-state index contributed by atoms with van der Waals surface area (Å²) in [5.41, 5.74) is 7.57. The lowest BCUT2D eigenvalue weighted by Gasteiger charge is -2.35. The molecule has 0 unspecified atom stereocenters. The zero-order chi connectivity index (χ0) is 13.8. The van der Waals surface area contributed by atoms with E-state index in [4.69, 9.17) is 15.7 Å². The first kappa shape index (κ1) is 13.8. The van der Waals surface area contributed by atoms with Crippen LogP contribution in [0.5, 0.6) is 0 Å². The second-order valence-electron chi connectivity index (χ2n) is 5.09. The number of nitrogens with two attached hydrogens (primary N) is 1. The molecule has 1 saturated heterocycles. The Balaban J connectivity index is 2.15. The van der Waals surface area contributed by atoms with Gasteiger partial charge in [-0.05, 0) is 19.4 Å². The van der Waals surface area contributed by atoms with E-state index >= 15 is 0 Å². The molecule has 0 spiro atoms. The summed E-state index contributed by atoms with van der Waals surface area (Å²) in [5, 5.41) is 11.9. The molecule has 104 valence electrons. The van der Waals surface area contributed by atoms with Crippen LogP contribution < -0.4 is 5.73 Å². The van der Waals surface area contributed by atoms with Crippen LogP contribution in [0.1, 0.15) is 25.0 Å². The Labute approximate surface area is 113 Å². The number of hydrogen-bond donors (Lipinski definition) is 2. The van der Waals surface area contributed by atoms with Gasteiger partial charge in [-0.25, -0.2) is 0 Å². The summed E-state index contributed by atoms with van der Waals surface area (Å²) in [5.74, 6) is 0.157. The van der Waals surface area contributed by atoms with Gasteiger partial charge in [-0.3, -0.25) is 4.90 Å². The van der Waals surface area contributed by atoms with Gasteiger partial charge in [-0.2, -0.15) is 0 Å². The summed E-state index contributed by atoms with van der Waals surface area (Å²) in [6, 6.07) is 7.74. The predicted molar refractivity (Wildman–Crippen MR) is 74.2 cm³/mol. The first-order valence-corrected chi connectivity index (χ1v) is 6.53. The number of benzene rings is 1. The zero-order valence-corrected chi connectivity index (χ0v) is 11.4. The lowest BCUT2D eigenvalue weighted by molar-refractivity contribution is -0.0705. The van der Waals surface area contributed by atoms with E-state index in [2.05, 4.69) is 23.9 Å². The summed E-state index contributed by atoms with van der Waals surface area (Å²) in [6.07, 6.45) is 0.472. The Hall–Kier alpha value is -1.59. The molecule has 1 aliphatic rings. The van der Waals surface area contributed by atoms with Crippen LogP contribution in [-0.2, 0) is 11.3 Å². The molecule has 1 heterocycles. The molecule has 5 nitrogen and oxygen atoms in total. The van der Waals surface area contributed by atoms with E-state index in [1.165, 1.54) is 0 Å². The van der Waals surface area contributed by atoms with Crippen molar-refractivity contribution in [2.45, 2.75) is 32.6 Å². The van der Waals surface area contributed by atoms with Crippen LogP contribution in [0.25, 0.3) is 0 Å². The Bertz CT molecular complexity index is 452. The molecule has 2 rings (SSSR count). The number of oxime groups is 1. The highest BCUT2D eigenvalue weighted by Crippen LogP contribution is 2.16. The largest absolute Gasteiger partial charge is 0.409 e. The first-order valence-electron chi connectivity index (χ1n) is 6.53. The van der Waals surface area contributed by atoms with Crippen molar-refractivity contribution in [3.63, 3.8) is 0 Å². The van der Waals surface area contributed by atoms with Crippen molar-refractivity contribution in [3.05, 3.63) is 35.4 Å². The Morgan fingerprint density at radius 1 is 1.37 bits per heavy atom. The lowest BCUT2D eigenvalue weighted by Crippen LogP contribution is -2.45. The van der Waals surface area contributed by atoms with Crippen molar-refractivity contribution >= 4 is 5.84 Å². The van der Waals surface area contributed by atoms with Gasteiger partial charge in [-0.1, -0.05) is 29.4 Å². The standard InChI is InChI=1S/C14H21N3O2/c1-10-7-17(8-11(2)19-10)9-12-5-3-4-6-13(12)14(15)16-18/h3-6,10-11,18H,7-9H2,1-2H3,(H2,15,16)/t10-,11+. The van der Waals surface area contributed by atoms with Crippen molar-refractivity contribution in [2.24, 2.45) is 10.9 Å². The minimum atomic E-state index is 0.157. The molecular formula is C14H21N3O2. The summed E-state index contributed by atoms with van der Waals surface area (Å²) in [6.45, 7) is 6.74. The monoisotopic (exact) mass is 263 g/mol. The number of morpholine rings is 1. The van der Waals surface area contributed by atoms with E-state index in [0.717, 1.165) is 30.8 Å². The van der Waals surface area contributed by atoms with Gasteiger partial charge in [0.2, 0.25) is 0 Å². The second kappa shape index (κ2) is 6.04. The zero-order valence-electron chi connectivity index (χ0n) is 11.4. The Kier molecular flexibility index (Phi) is 4.39. The highest BCUT2D eigenvalue weighted by Gasteiger charge is 2.22. The third-order valence-corrected chi connectivity index (χ3v) is 3.29. The van der Waals surface area contributed by atoms with Crippen LogP contribution in [0, 0.1) is 0 Å². The average Bonchev–Trinajstić information content (AvgIpc) is 2.37. The topological polar surface area (TPSA) is 71.1 Å². The van der Waals surface area contributed by atoms with Crippen molar-refractivity contribution in [1.82, 2.24) is 4.90 Å². The maximum atomic E-state index is 8.83. The van der Waals surface area contributed by atoms with Gasteiger partial charge >= 0.3 is 0 Å². The maximum Gasteiger partial charge on any atom is 0.170 e. The lowest BCUT2D eigenvalue weighted by atomic mass is 10.1. The fourth-order valence-electron chi connectivity index (χ4n) is 2.62. The van der Waals surface area contributed by atoms with Gasteiger partial charge < -0.3 is 15.7 Å². The normalized spacial score (nSPS) is 25.5. The smallest absolute Gasteiger partial charge is 0.170 e. The van der Waals surface area contributed by atoms with Crippen LogP contribution in [0.2, 0.25) is 0 Å². The summed E-state index contributed by atoms with van der Waals surface area (Å²) >= 11 is 0. The second-order valence-corrected chi connectivity index (χ2v) is 5.09. The maximum absolute atomic E-state index is 8.83. The quantitative estimate of drug-likeness (QED) is 0.374. The molecule has 0 saturated carbocycles. The first-order chi connectivity index (χ1) is 9.10. The highest BCUT2D eigenvalue weighted by atomic mass is 16.5. The number of amidine groups is 1. The fourth-order valence-corrected chi connectivity index (χ4v) is 2.62. The molecule has 0 radical (unpaired) electrons. The number of nitrogens with zero attached hydrogens (tertiary/aromatic N) is 2. The van der Waals surface area contributed by atoms with Gasteiger partial charge in [-0.15, -0.1) is 0 Å². The molecule has 0 bridgehead atoms. The van der Waals surface area contributed by atoms with Crippen LogP contribution in [0.4, 0.5) is 0 Å². The minimum absolute atomic E-state index is 0.157. The van der Waals surface area contributed by atoms with Crippen molar-refractivity contribution < 1.29 is 9.94 Å². The molecule has 1 fully saturated rings. The van der Waals surface area contributed by atoms with Crippen LogP contribution in [0.3, 0.4) is 0 Å². The molecule has 0 aromatic heterocycles. The molecular weight excluding hydrogens is 242 g/mol. The Morgan fingerprint density at radius 2 is 2.00 bits per heavy atom. The molecule has 1 aromatic carbocycles. The summed E-state index contributed by atoms with van der Waals surface area (Å²) in [7, 11) is 0. The molecule has 19 heavy (non-hydrogen) atoms. The molecule has 0 aliphatic carbocycles. The van der Waals surface area contributed by atoms with Gasteiger partial charge in [0.25, 0.3) is 0 Å². The SMILES string of the molecule is C[C@@H]1CN(Cc2ccccc2/C(N)=N/O)C[C@H](C)O1. The number of ether oxygens (including phenoxy) is 1. The third-order valence-electron chi connectivity index (χ3n) is 3.29. The number of hydrogen-bond acceptors (Lipinski definition) is 4. The van der Waals surface area contributed by atoms with E-state index in [0.29, 0.717) is 0 Å². The summed E-state index contributed by atoms with van der Waals surface area (Å²) < 4.78 is 5.72. The van der Waals surface area contributed by atoms with Gasteiger partial charge in [0.15, 0.2) is 5.84 Å². The molecule has 1 aliphatic heterocycles. The average molecular weight is 263 g/mol. The van der Waals surface area contributed by atoms with Gasteiger partial charge in [0, 0.05) is 25.2 Å². The van der Waals surface area contributed by atoms with Crippen molar-refractivity contribution in [1.29, 1.82) is 0 Å². The van der Waals surface area contributed by atoms with Crippen LogP contribution in [-0.4, -0.2) is 41.2 Å².